The summed E-state index contributed by atoms with van der Waals surface area (Å²) in [6.07, 6.45) is 29.6. The number of allylic oxidation sites excluding steroid dienone is 1. The number of unbranched alkanes of at least 4 members (excludes halogenated alkanes) is 8. The van der Waals surface area contributed by atoms with E-state index < -0.39 is 0 Å². The van der Waals surface area contributed by atoms with Crippen molar-refractivity contribution in [3.05, 3.63) is 11.6 Å². The van der Waals surface area contributed by atoms with Crippen LogP contribution in [-0.4, -0.2) is 12.1 Å². The van der Waals surface area contributed by atoms with Gasteiger partial charge in [0.2, 0.25) is 0 Å². The van der Waals surface area contributed by atoms with E-state index in [0.29, 0.717) is 17.3 Å². The van der Waals surface area contributed by atoms with E-state index in [2.05, 4.69) is 47.6 Å². The predicted octanol–water partition coefficient (Wildman–Crippen LogP) is 11.9. The van der Waals surface area contributed by atoms with Gasteiger partial charge in [0.1, 0.15) is 6.10 Å². The van der Waals surface area contributed by atoms with Crippen LogP contribution in [0.25, 0.3) is 0 Å². The van der Waals surface area contributed by atoms with Crippen LogP contribution >= 0.6 is 0 Å². The Hall–Kier alpha value is -0.790. The maximum atomic E-state index is 12.7. The summed E-state index contributed by atoms with van der Waals surface area (Å²) < 4.78 is 6.09. The lowest BCUT2D eigenvalue weighted by Crippen LogP contribution is -2.51. The molecule has 0 bridgehead atoms. The lowest BCUT2D eigenvalue weighted by atomic mass is 9.47. The molecule has 0 radical (unpaired) electrons. The first-order valence-electron chi connectivity index (χ1n) is 18.6. The van der Waals surface area contributed by atoms with Crippen molar-refractivity contribution in [2.75, 3.05) is 0 Å². The van der Waals surface area contributed by atoms with E-state index in [1.54, 1.807) is 5.57 Å². The second-order valence-electron chi connectivity index (χ2n) is 16.2. The minimum atomic E-state index is 0.0591. The summed E-state index contributed by atoms with van der Waals surface area (Å²) >= 11 is 0. The summed E-state index contributed by atoms with van der Waals surface area (Å²) in [5.41, 5.74) is 2.54. The van der Waals surface area contributed by atoms with Gasteiger partial charge in [0.15, 0.2) is 0 Å². The molecule has 3 saturated carbocycles. The first-order valence-corrected chi connectivity index (χ1v) is 18.6. The maximum absolute atomic E-state index is 12.7. The molecule has 3 fully saturated rings. The molecule has 0 aromatic carbocycles. The van der Waals surface area contributed by atoms with Gasteiger partial charge in [0, 0.05) is 12.8 Å². The normalized spacial score (nSPS) is 35.4. The summed E-state index contributed by atoms with van der Waals surface area (Å²) in [6.45, 7) is 14.9. The van der Waals surface area contributed by atoms with Crippen LogP contribution in [-0.2, 0) is 9.53 Å². The average molecular weight is 569 g/mol. The van der Waals surface area contributed by atoms with Crippen LogP contribution in [0.15, 0.2) is 11.6 Å². The Morgan fingerprint density at radius 2 is 1.56 bits per heavy atom. The summed E-state index contributed by atoms with van der Waals surface area (Å²) in [7, 11) is 0. The molecular weight excluding hydrogens is 500 g/mol. The highest BCUT2D eigenvalue weighted by Gasteiger charge is 2.59. The average Bonchev–Trinajstić information content (AvgIpc) is 3.29. The number of hydrogen-bond donors (Lipinski definition) is 0. The van der Waals surface area contributed by atoms with Gasteiger partial charge in [-0.25, -0.2) is 0 Å². The van der Waals surface area contributed by atoms with Gasteiger partial charge in [-0.05, 0) is 97.7 Å². The smallest absolute Gasteiger partial charge is 0.306 e. The molecule has 0 aliphatic heterocycles. The lowest BCUT2D eigenvalue weighted by Gasteiger charge is -2.58. The van der Waals surface area contributed by atoms with Gasteiger partial charge < -0.3 is 4.74 Å². The Bertz CT molecular complexity index is 843. The van der Waals surface area contributed by atoms with Crippen LogP contribution in [0.1, 0.15) is 176 Å². The fourth-order valence-corrected chi connectivity index (χ4v) is 10.6. The van der Waals surface area contributed by atoms with E-state index in [4.69, 9.17) is 4.74 Å². The minimum absolute atomic E-state index is 0.0591. The van der Waals surface area contributed by atoms with Crippen molar-refractivity contribution in [3.63, 3.8) is 0 Å². The highest BCUT2D eigenvalue weighted by atomic mass is 16.5. The van der Waals surface area contributed by atoms with Crippen LogP contribution in [0, 0.1) is 46.3 Å². The van der Waals surface area contributed by atoms with Crippen molar-refractivity contribution in [1.82, 2.24) is 0 Å². The molecule has 0 N–H and O–H groups in total. The first kappa shape index (κ1) is 33.1. The summed E-state index contributed by atoms with van der Waals surface area (Å²) in [4.78, 5) is 12.7. The van der Waals surface area contributed by atoms with Crippen LogP contribution in [0.5, 0.6) is 0 Å². The van der Waals surface area contributed by atoms with Crippen molar-refractivity contribution in [2.24, 2.45) is 46.3 Å². The zero-order valence-corrected chi connectivity index (χ0v) is 28.3. The summed E-state index contributed by atoms with van der Waals surface area (Å²) in [5.74, 6) is 5.34. The van der Waals surface area contributed by atoms with Gasteiger partial charge in [-0.1, -0.05) is 124 Å². The molecule has 0 unspecified atom stereocenters. The largest absolute Gasteiger partial charge is 0.462 e. The molecular formula is C39H68O2. The molecule has 8 atom stereocenters. The number of hydrogen-bond acceptors (Lipinski definition) is 2. The molecule has 41 heavy (non-hydrogen) atoms. The third-order valence-electron chi connectivity index (χ3n) is 13.0. The molecule has 4 aliphatic rings. The van der Waals surface area contributed by atoms with Crippen molar-refractivity contribution in [2.45, 2.75) is 182 Å². The van der Waals surface area contributed by atoms with Gasteiger partial charge in [0.05, 0.1) is 0 Å². The van der Waals surface area contributed by atoms with Crippen LogP contribution in [0.2, 0.25) is 0 Å². The van der Waals surface area contributed by atoms with Gasteiger partial charge in [0.25, 0.3) is 0 Å². The van der Waals surface area contributed by atoms with Gasteiger partial charge in [-0.2, -0.15) is 0 Å². The number of carbonyl (C=O) groups excluding carboxylic acids is 1. The Morgan fingerprint density at radius 3 is 2.27 bits per heavy atom. The number of rotatable bonds is 16. The highest BCUT2D eigenvalue weighted by Crippen LogP contribution is 2.67. The predicted molar refractivity (Wildman–Crippen MR) is 175 cm³/mol. The zero-order valence-electron chi connectivity index (χ0n) is 28.3. The molecule has 0 saturated heterocycles. The summed E-state index contributed by atoms with van der Waals surface area (Å²) in [5, 5.41) is 0. The van der Waals surface area contributed by atoms with Crippen molar-refractivity contribution in [1.29, 1.82) is 0 Å². The molecule has 0 heterocycles. The molecule has 2 heteroatoms. The van der Waals surface area contributed by atoms with Crippen LogP contribution in [0.4, 0.5) is 0 Å². The summed E-state index contributed by atoms with van der Waals surface area (Å²) in [6, 6.07) is 0. The lowest BCUT2D eigenvalue weighted by molar-refractivity contribution is -0.151. The third kappa shape index (κ3) is 8.03. The fraction of sp³-hybridized carbons (Fsp3) is 0.923. The molecule has 0 aromatic heterocycles. The zero-order chi connectivity index (χ0) is 29.5. The minimum Gasteiger partial charge on any atom is -0.462 e. The number of carbonyl (C=O) groups is 1. The monoisotopic (exact) mass is 569 g/mol. The molecule has 0 amide bonds. The Kier molecular flexibility index (Phi) is 12.3. The second kappa shape index (κ2) is 15.3. The first-order chi connectivity index (χ1) is 19.7. The second-order valence-corrected chi connectivity index (χ2v) is 16.2. The molecule has 0 spiro atoms. The fourth-order valence-electron chi connectivity index (χ4n) is 10.6. The van der Waals surface area contributed by atoms with E-state index in [-0.39, 0.29) is 12.1 Å². The van der Waals surface area contributed by atoms with Crippen molar-refractivity contribution in [3.8, 4) is 0 Å². The molecule has 236 valence electrons. The van der Waals surface area contributed by atoms with Crippen molar-refractivity contribution >= 4 is 5.97 Å². The van der Waals surface area contributed by atoms with E-state index in [0.717, 1.165) is 54.8 Å². The molecule has 4 rings (SSSR count). The van der Waals surface area contributed by atoms with Gasteiger partial charge in [-0.15, -0.1) is 0 Å². The third-order valence-corrected chi connectivity index (χ3v) is 13.0. The van der Waals surface area contributed by atoms with Gasteiger partial charge in [-0.3, -0.25) is 4.79 Å². The quantitative estimate of drug-likeness (QED) is 0.105. The van der Waals surface area contributed by atoms with Crippen LogP contribution < -0.4 is 0 Å². The highest BCUT2D eigenvalue weighted by molar-refractivity contribution is 5.69. The van der Waals surface area contributed by atoms with Crippen molar-refractivity contribution < 1.29 is 9.53 Å². The number of ether oxygens (including phenoxy) is 1. The van der Waals surface area contributed by atoms with E-state index in [9.17, 15) is 4.79 Å². The van der Waals surface area contributed by atoms with Gasteiger partial charge >= 0.3 is 5.97 Å². The molecule has 0 aromatic rings. The molecule has 2 nitrogen and oxygen atoms in total. The molecule has 4 aliphatic carbocycles. The standard InChI is InChI=1S/C39H68O2/c1-7-8-9-10-11-12-13-14-15-19-37(40)41-32-24-26-38(5)31(28-32)20-21-33-35-23-22-34(30(4)18-16-17-29(2)3)39(35,6)27-25-36(33)38/h20,29-30,32-36H,7-19,21-28H2,1-6H3/t30-,32-,33+,34-,35+,36+,38-,39-/m0/s1. The maximum Gasteiger partial charge on any atom is 0.306 e. The van der Waals surface area contributed by atoms with E-state index >= 15 is 0 Å². The topological polar surface area (TPSA) is 26.3 Å². The number of fused-ring (bicyclic) bond motifs is 5. The Labute approximate surface area is 255 Å². The Morgan fingerprint density at radius 1 is 0.854 bits per heavy atom. The Balaban J connectivity index is 1.24. The van der Waals surface area contributed by atoms with E-state index in [1.807, 2.05) is 0 Å². The van der Waals surface area contributed by atoms with Crippen LogP contribution in [0.3, 0.4) is 0 Å². The number of esters is 1. The van der Waals surface area contributed by atoms with E-state index in [1.165, 1.54) is 109 Å². The SMILES string of the molecule is CCCCCCCCCCCC(=O)O[C@H]1CC[C@@]2(C)C(=CC[C@@H]3[C@H]4CC[C@@H]([C@@H](C)CCCC(C)C)[C@]4(C)CC[C@H]32)C1.